The minimum atomic E-state index is 0.855. The molecule has 5 heteroatoms. The summed E-state index contributed by atoms with van der Waals surface area (Å²) in [6.07, 6.45) is 12.0. The van der Waals surface area contributed by atoms with Crippen molar-refractivity contribution in [3.63, 3.8) is 0 Å². The van der Waals surface area contributed by atoms with Gasteiger partial charge in [-0.3, -0.25) is 9.97 Å². The third-order valence-corrected chi connectivity index (χ3v) is 6.21. The predicted molar refractivity (Wildman–Crippen MR) is 125 cm³/mol. The Labute approximate surface area is 183 Å². The minimum absolute atomic E-state index is 0.855. The quantitative estimate of drug-likeness (QED) is 0.433. The van der Waals surface area contributed by atoms with E-state index in [1.807, 2.05) is 36.8 Å². The molecule has 0 aliphatic carbocycles. The van der Waals surface area contributed by atoms with Crippen LogP contribution in [0.1, 0.15) is 19.3 Å². The zero-order valence-electron chi connectivity index (χ0n) is 18.0. The molecule has 1 fully saturated rings. The van der Waals surface area contributed by atoms with E-state index in [0.29, 0.717) is 0 Å². The molecule has 0 amide bonds. The van der Waals surface area contributed by atoms with Crippen molar-refractivity contribution in [2.24, 2.45) is 0 Å². The topological polar surface area (TPSA) is 43.2 Å². The minimum Gasteiger partial charge on any atom is -0.497 e. The maximum Gasteiger partial charge on any atom is 0.118 e. The number of fused-ring (bicyclic) bond motifs is 1. The van der Waals surface area contributed by atoms with Crippen molar-refractivity contribution < 1.29 is 4.74 Å². The van der Waals surface area contributed by atoms with Gasteiger partial charge in [0, 0.05) is 54.6 Å². The van der Waals surface area contributed by atoms with Crippen molar-refractivity contribution >= 4 is 11.0 Å². The van der Waals surface area contributed by atoms with Gasteiger partial charge in [-0.15, -0.1) is 0 Å². The summed E-state index contributed by atoms with van der Waals surface area (Å²) in [7, 11) is 1.69. The Morgan fingerprint density at radius 2 is 1.71 bits per heavy atom. The van der Waals surface area contributed by atoms with E-state index in [1.165, 1.54) is 37.9 Å². The highest BCUT2D eigenvalue weighted by Gasteiger charge is 2.15. The molecule has 0 saturated carbocycles. The van der Waals surface area contributed by atoms with Crippen molar-refractivity contribution in [3.8, 4) is 28.0 Å². The molecule has 5 nitrogen and oxygen atoms in total. The average Bonchev–Trinajstić information content (AvgIpc) is 3.22. The highest BCUT2D eigenvalue weighted by molar-refractivity contribution is 5.93. The average molecular weight is 413 g/mol. The van der Waals surface area contributed by atoms with Crippen molar-refractivity contribution in [2.45, 2.75) is 25.8 Å². The number of hydrogen-bond donors (Lipinski definition) is 0. The van der Waals surface area contributed by atoms with Gasteiger partial charge in [0.1, 0.15) is 5.75 Å². The molecule has 1 aromatic carbocycles. The van der Waals surface area contributed by atoms with Crippen LogP contribution in [0.25, 0.3) is 33.3 Å². The van der Waals surface area contributed by atoms with Gasteiger partial charge in [-0.25, -0.2) is 0 Å². The van der Waals surface area contributed by atoms with Crippen LogP contribution in [0.3, 0.4) is 0 Å². The van der Waals surface area contributed by atoms with Gasteiger partial charge in [-0.1, -0.05) is 18.6 Å². The first kappa shape index (κ1) is 19.8. The number of ether oxygens (including phenoxy) is 1. The number of aromatic nitrogens is 3. The number of benzene rings is 1. The maximum atomic E-state index is 5.29. The molecular formula is C26H28N4O. The first-order chi connectivity index (χ1) is 15.3. The van der Waals surface area contributed by atoms with Crippen LogP contribution in [-0.2, 0) is 6.54 Å². The molecule has 1 aliphatic heterocycles. The third kappa shape index (κ3) is 4.19. The number of hydrogen-bond acceptors (Lipinski definition) is 4. The second-order valence-electron chi connectivity index (χ2n) is 8.20. The third-order valence-electron chi connectivity index (χ3n) is 6.21. The van der Waals surface area contributed by atoms with Gasteiger partial charge in [-0.05, 0) is 61.8 Å². The summed E-state index contributed by atoms with van der Waals surface area (Å²) in [5.41, 5.74) is 6.66. The molecule has 0 atom stereocenters. The fraction of sp³-hybridized carbons (Fsp3) is 0.308. The Morgan fingerprint density at radius 3 is 2.52 bits per heavy atom. The Kier molecular flexibility index (Phi) is 5.67. The number of rotatable bonds is 6. The first-order valence-electron chi connectivity index (χ1n) is 11.1. The SMILES string of the molecule is COc1ccc(-c2cncc(-c3cn(CCN4CCCCC4)c4cccnc34)c2)cc1. The number of pyridine rings is 2. The molecular weight excluding hydrogens is 384 g/mol. The van der Waals surface area contributed by atoms with Crippen LogP contribution in [0.5, 0.6) is 5.75 Å². The van der Waals surface area contributed by atoms with Gasteiger partial charge < -0.3 is 14.2 Å². The summed E-state index contributed by atoms with van der Waals surface area (Å²) in [5.74, 6) is 0.855. The lowest BCUT2D eigenvalue weighted by molar-refractivity contribution is 0.222. The standard InChI is InChI=1S/C26H28N4O/c1-31-23-9-7-20(8-10-23)21-16-22(18-27-17-21)24-19-30(25-6-5-11-28-26(24)25)15-14-29-12-3-2-4-13-29/h5-11,16-19H,2-4,12-15H2,1H3. The molecule has 1 aliphatic rings. The van der Waals surface area contributed by atoms with Crippen LogP contribution in [0, 0.1) is 0 Å². The van der Waals surface area contributed by atoms with E-state index in [4.69, 9.17) is 9.72 Å². The van der Waals surface area contributed by atoms with Gasteiger partial charge in [-0.2, -0.15) is 0 Å². The van der Waals surface area contributed by atoms with E-state index >= 15 is 0 Å². The number of methoxy groups -OCH3 is 1. The zero-order chi connectivity index (χ0) is 21.0. The molecule has 4 heterocycles. The van der Waals surface area contributed by atoms with E-state index in [-0.39, 0.29) is 0 Å². The molecule has 0 N–H and O–H groups in total. The maximum absolute atomic E-state index is 5.29. The predicted octanol–water partition coefficient (Wildman–Crippen LogP) is 5.26. The van der Waals surface area contributed by atoms with Gasteiger partial charge in [0.2, 0.25) is 0 Å². The van der Waals surface area contributed by atoms with Gasteiger partial charge in [0.15, 0.2) is 0 Å². The van der Waals surface area contributed by atoms with Crippen LogP contribution in [0.15, 0.2) is 67.3 Å². The van der Waals surface area contributed by atoms with Crippen LogP contribution in [0.2, 0.25) is 0 Å². The smallest absolute Gasteiger partial charge is 0.118 e. The summed E-state index contributed by atoms with van der Waals surface area (Å²) >= 11 is 0. The molecule has 0 bridgehead atoms. The Balaban J connectivity index is 1.47. The highest BCUT2D eigenvalue weighted by atomic mass is 16.5. The largest absolute Gasteiger partial charge is 0.497 e. The summed E-state index contributed by atoms with van der Waals surface area (Å²) in [6, 6.07) is 14.5. The summed E-state index contributed by atoms with van der Waals surface area (Å²) in [6.45, 7) is 4.51. The van der Waals surface area contributed by atoms with Crippen LogP contribution in [0.4, 0.5) is 0 Å². The lowest BCUT2D eigenvalue weighted by Gasteiger charge is -2.26. The second kappa shape index (κ2) is 8.90. The van der Waals surface area contributed by atoms with Gasteiger partial charge >= 0.3 is 0 Å². The molecule has 1 saturated heterocycles. The fourth-order valence-corrected chi connectivity index (χ4v) is 4.48. The van der Waals surface area contributed by atoms with E-state index < -0.39 is 0 Å². The van der Waals surface area contributed by atoms with E-state index in [9.17, 15) is 0 Å². The Hall–Kier alpha value is -3.18. The summed E-state index contributed by atoms with van der Waals surface area (Å²) < 4.78 is 7.64. The Morgan fingerprint density at radius 1 is 0.903 bits per heavy atom. The second-order valence-corrected chi connectivity index (χ2v) is 8.20. The van der Waals surface area contributed by atoms with E-state index in [2.05, 4.69) is 44.9 Å². The molecule has 0 spiro atoms. The zero-order valence-corrected chi connectivity index (χ0v) is 18.0. The number of piperidine rings is 1. The normalized spacial score (nSPS) is 14.7. The van der Waals surface area contributed by atoms with E-state index in [0.717, 1.165) is 46.6 Å². The lowest BCUT2D eigenvalue weighted by atomic mass is 10.0. The van der Waals surface area contributed by atoms with Gasteiger partial charge in [0.05, 0.1) is 18.1 Å². The molecule has 158 valence electrons. The number of likely N-dealkylation sites (tertiary alicyclic amines) is 1. The monoisotopic (exact) mass is 412 g/mol. The van der Waals surface area contributed by atoms with Crippen LogP contribution in [-0.4, -0.2) is 46.2 Å². The molecule has 3 aromatic heterocycles. The Bertz CT molecular complexity index is 1160. The van der Waals surface area contributed by atoms with E-state index in [1.54, 1.807) is 7.11 Å². The molecule has 0 radical (unpaired) electrons. The molecule has 0 unspecified atom stereocenters. The highest BCUT2D eigenvalue weighted by Crippen LogP contribution is 2.32. The summed E-state index contributed by atoms with van der Waals surface area (Å²) in [4.78, 5) is 11.8. The number of nitrogens with zero attached hydrogens (tertiary/aromatic N) is 4. The fourth-order valence-electron chi connectivity index (χ4n) is 4.48. The van der Waals surface area contributed by atoms with Crippen LogP contribution >= 0.6 is 0 Å². The molecule has 4 aromatic rings. The van der Waals surface area contributed by atoms with Crippen molar-refractivity contribution in [3.05, 3.63) is 67.3 Å². The molecule has 5 rings (SSSR count). The van der Waals surface area contributed by atoms with Crippen molar-refractivity contribution in [1.29, 1.82) is 0 Å². The lowest BCUT2D eigenvalue weighted by Crippen LogP contribution is -2.32. The summed E-state index contributed by atoms with van der Waals surface area (Å²) in [5, 5.41) is 0. The van der Waals surface area contributed by atoms with Crippen molar-refractivity contribution in [1.82, 2.24) is 19.4 Å². The van der Waals surface area contributed by atoms with Gasteiger partial charge in [0.25, 0.3) is 0 Å². The molecule has 31 heavy (non-hydrogen) atoms. The van der Waals surface area contributed by atoms with Crippen molar-refractivity contribution in [2.75, 3.05) is 26.7 Å². The first-order valence-corrected chi connectivity index (χ1v) is 11.1. The van der Waals surface area contributed by atoms with Crippen LogP contribution < -0.4 is 4.74 Å².